The Morgan fingerprint density at radius 3 is 2.60 bits per heavy atom. The van der Waals surface area contributed by atoms with Crippen molar-refractivity contribution < 1.29 is 0 Å². The minimum absolute atomic E-state index is 0.363. The molecule has 1 fully saturated rings. The Labute approximate surface area is 128 Å². The van der Waals surface area contributed by atoms with Gasteiger partial charge in [0.25, 0.3) is 0 Å². The molecule has 1 saturated heterocycles. The summed E-state index contributed by atoms with van der Waals surface area (Å²) >= 11 is 2.08. The zero-order valence-electron chi connectivity index (χ0n) is 13.0. The fourth-order valence-corrected chi connectivity index (χ4v) is 4.22. The summed E-state index contributed by atoms with van der Waals surface area (Å²) < 4.78 is 0.363. The monoisotopic (exact) mass is 292 g/mol. The molecule has 1 aromatic rings. The van der Waals surface area contributed by atoms with E-state index < -0.39 is 0 Å². The van der Waals surface area contributed by atoms with Crippen LogP contribution in [0, 0.1) is 0 Å². The molecule has 1 heterocycles. The number of hydrogen-bond donors (Lipinski definition) is 1. The second-order valence-corrected chi connectivity index (χ2v) is 8.32. The Bertz CT molecular complexity index is 405. The summed E-state index contributed by atoms with van der Waals surface area (Å²) in [6.07, 6.45) is 1.15. The van der Waals surface area contributed by atoms with E-state index >= 15 is 0 Å². The normalized spacial score (nSPS) is 22.4. The maximum absolute atomic E-state index is 6.07. The third kappa shape index (κ3) is 4.24. The topological polar surface area (TPSA) is 29.3 Å². The first-order valence-electron chi connectivity index (χ1n) is 7.65. The van der Waals surface area contributed by atoms with Crippen molar-refractivity contribution in [2.45, 2.75) is 43.9 Å². The zero-order chi connectivity index (χ0) is 14.6. The molecule has 0 spiro atoms. The van der Waals surface area contributed by atoms with Crippen LogP contribution in [0.3, 0.4) is 0 Å². The summed E-state index contributed by atoms with van der Waals surface area (Å²) in [5.74, 6) is 1.80. The zero-order valence-corrected chi connectivity index (χ0v) is 13.8. The van der Waals surface area contributed by atoms with E-state index in [1.807, 2.05) is 0 Å². The van der Waals surface area contributed by atoms with E-state index in [-0.39, 0.29) is 0 Å². The highest BCUT2D eigenvalue weighted by atomic mass is 32.2. The number of nitrogens with zero attached hydrogens (tertiary/aromatic N) is 1. The molecule has 2 unspecified atom stereocenters. The van der Waals surface area contributed by atoms with Crippen molar-refractivity contribution >= 4 is 11.8 Å². The number of rotatable bonds is 5. The molecule has 0 radical (unpaired) electrons. The predicted molar refractivity (Wildman–Crippen MR) is 90.4 cm³/mol. The van der Waals surface area contributed by atoms with Gasteiger partial charge in [-0.25, -0.2) is 0 Å². The van der Waals surface area contributed by atoms with E-state index in [0.717, 1.165) is 19.5 Å². The van der Waals surface area contributed by atoms with Gasteiger partial charge in [0.05, 0.1) is 0 Å². The standard InChI is InChI=1S/C17H28N2S/c1-14(15-7-5-4-6-8-15)11-16(12-18)19-9-10-20-17(2,3)13-19/h4-8,14,16H,9-13,18H2,1-3H3. The van der Waals surface area contributed by atoms with Crippen LogP contribution in [0.4, 0.5) is 0 Å². The molecule has 0 aliphatic carbocycles. The lowest BCUT2D eigenvalue weighted by Crippen LogP contribution is -2.51. The molecule has 2 nitrogen and oxygen atoms in total. The number of nitrogens with two attached hydrogens (primary N) is 1. The van der Waals surface area contributed by atoms with Crippen molar-refractivity contribution in [3.8, 4) is 0 Å². The van der Waals surface area contributed by atoms with Crippen LogP contribution < -0.4 is 5.73 Å². The highest BCUT2D eigenvalue weighted by molar-refractivity contribution is 8.00. The Balaban J connectivity index is 1.98. The van der Waals surface area contributed by atoms with E-state index in [1.165, 1.54) is 17.9 Å². The van der Waals surface area contributed by atoms with Gasteiger partial charge in [-0.05, 0) is 31.7 Å². The molecule has 1 aromatic carbocycles. The molecule has 1 aliphatic heterocycles. The fraction of sp³-hybridized carbons (Fsp3) is 0.647. The lowest BCUT2D eigenvalue weighted by Gasteiger charge is -2.42. The molecule has 1 aliphatic rings. The Kier molecular flexibility index (Phi) is 5.53. The summed E-state index contributed by atoms with van der Waals surface area (Å²) in [6.45, 7) is 10.1. The number of thioether (sulfide) groups is 1. The molecule has 0 amide bonds. The largest absolute Gasteiger partial charge is 0.329 e. The third-order valence-corrected chi connectivity index (χ3v) is 5.54. The Hall–Kier alpha value is -0.510. The van der Waals surface area contributed by atoms with Gasteiger partial charge in [-0.15, -0.1) is 0 Å². The average molecular weight is 292 g/mol. The lowest BCUT2D eigenvalue weighted by atomic mass is 9.93. The highest BCUT2D eigenvalue weighted by Crippen LogP contribution is 2.32. The SMILES string of the molecule is CC(CC(CN)N1CCSC(C)(C)C1)c1ccccc1. The second kappa shape index (κ2) is 6.97. The quantitative estimate of drug-likeness (QED) is 0.902. The van der Waals surface area contributed by atoms with Crippen LogP contribution in [-0.2, 0) is 0 Å². The smallest absolute Gasteiger partial charge is 0.0231 e. The van der Waals surface area contributed by atoms with Crippen LogP contribution in [0.25, 0.3) is 0 Å². The van der Waals surface area contributed by atoms with Gasteiger partial charge in [0.15, 0.2) is 0 Å². The van der Waals surface area contributed by atoms with Crippen molar-refractivity contribution in [1.82, 2.24) is 4.90 Å². The highest BCUT2D eigenvalue weighted by Gasteiger charge is 2.31. The van der Waals surface area contributed by atoms with Crippen LogP contribution in [0.5, 0.6) is 0 Å². The summed E-state index contributed by atoms with van der Waals surface area (Å²) in [7, 11) is 0. The van der Waals surface area contributed by atoms with Crippen LogP contribution in [0.1, 0.15) is 38.7 Å². The predicted octanol–water partition coefficient (Wildman–Crippen LogP) is 3.33. The molecule has 112 valence electrons. The molecule has 20 heavy (non-hydrogen) atoms. The van der Waals surface area contributed by atoms with E-state index in [1.54, 1.807) is 0 Å². The average Bonchev–Trinajstić information content (AvgIpc) is 2.44. The first-order chi connectivity index (χ1) is 9.52. The van der Waals surface area contributed by atoms with E-state index in [0.29, 0.717) is 16.7 Å². The summed E-state index contributed by atoms with van der Waals surface area (Å²) in [5.41, 5.74) is 7.50. The van der Waals surface area contributed by atoms with Crippen molar-refractivity contribution in [2.24, 2.45) is 5.73 Å². The van der Waals surface area contributed by atoms with Gasteiger partial charge in [-0.1, -0.05) is 37.3 Å². The van der Waals surface area contributed by atoms with Crippen LogP contribution in [-0.4, -0.2) is 41.1 Å². The summed E-state index contributed by atoms with van der Waals surface area (Å²) in [5, 5.41) is 0. The third-order valence-electron chi connectivity index (χ3n) is 4.24. The van der Waals surface area contributed by atoms with Crippen LogP contribution in [0.15, 0.2) is 30.3 Å². The molecule has 0 saturated carbocycles. The lowest BCUT2D eigenvalue weighted by molar-refractivity contribution is 0.176. The van der Waals surface area contributed by atoms with Crippen LogP contribution in [0.2, 0.25) is 0 Å². The van der Waals surface area contributed by atoms with Gasteiger partial charge in [0, 0.05) is 36.2 Å². The number of hydrogen-bond acceptors (Lipinski definition) is 3. The molecule has 0 bridgehead atoms. The second-order valence-electron chi connectivity index (χ2n) is 6.52. The first kappa shape index (κ1) is 15.9. The molecule has 0 aromatic heterocycles. The number of benzene rings is 1. The van der Waals surface area contributed by atoms with Gasteiger partial charge in [-0.3, -0.25) is 4.90 Å². The summed E-state index contributed by atoms with van der Waals surface area (Å²) in [6, 6.07) is 11.3. The fourth-order valence-electron chi connectivity index (χ4n) is 3.08. The van der Waals surface area contributed by atoms with Gasteiger partial charge in [0.1, 0.15) is 0 Å². The van der Waals surface area contributed by atoms with Crippen molar-refractivity contribution in [3.05, 3.63) is 35.9 Å². The minimum Gasteiger partial charge on any atom is -0.329 e. The minimum atomic E-state index is 0.363. The Morgan fingerprint density at radius 2 is 2.00 bits per heavy atom. The van der Waals surface area contributed by atoms with Gasteiger partial charge >= 0.3 is 0 Å². The van der Waals surface area contributed by atoms with Gasteiger partial charge in [-0.2, -0.15) is 11.8 Å². The molecule has 2 atom stereocenters. The Morgan fingerprint density at radius 1 is 1.30 bits per heavy atom. The maximum atomic E-state index is 6.07. The van der Waals surface area contributed by atoms with Gasteiger partial charge in [0.2, 0.25) is 0 Å². The molecule has 2 rings (SSSR count). The van der Waals surface area contributed by atoms with E-state index in [4.69, 9.17) is 5.73 Å². The molecule has 3 heteroatoms. The summed E-state index contributed by atoms with van der Waals surface area (Å²) in [4.78, 5) is 2.61. The van der Waals surface area contributed by atoms with Crippen molar-refractivity contribution in [3.63, 3.8) is 0 Å². The van der Waals surface area contributed by atoms with Gasteiger partial charge < -0.3 is 5.73 Å². The van der Waals surface area contributed by atoms with Crippen LogP contribution >= 0.6 is 11.8 Å². The maximum Gasteiger partial charge on any atom is 0.0231 e. The molecular formula is C17H28N2S. The molecule has 2 N–H and O–H groups in total. The van der Waals surface area contributed by atoms with E-state index in [2.05, 4.69) is 67.8 Å². The molecular weight excluding hydrogens is 264 g/mol. The first-order valence-corrected chi connectivity index (χ1v) is 8.63. The van der Waals surface area contributed by atoms with E-state index in [9.17, 15) is 0 Å². The van der Waals surface area contributed by atoms with Crippen molar-refractivity contribution in [2.75, 3.05) is 25.4 Å². The van der Waals surface area contributed by atoms with Crippen molar-refractivity contribution in [1.29, 1.82) is 0 Å².